The van der Waals surface area contributed by atoms with Crippen LogP contribution in [0.4, 0.5) is 5.69 Å². The molecule has 0 aliphatic heterocycles. The maximum Gasteiger partial charge on any atom is 0.330 e. The molecule has 8 heteroatoms. The maximum absolute atomic E-state index is 12.6. The average Bonchev–Trinajstić information content (AvgIpc) is 3.05. The molecule has 30 heavy (non-hydrogen) atoms. The molecule has 0 fully saturated rings. The molecule has 2 aromatic heterocycles. The molecule has 0 saturated heterocycles. The van der Waals surface area contributed by atoms with Crippen molar-refractivity contribution in [3.63, 3.8) is 0 Å². The van der Waals surface area contributed by atoms with Gasteiger partial charge in [-0.1, -0.05) is 45.4 Å². The van der Waals surface area contributed by atoms with E-state index in [1.807, 2.05) is 41.8 Å². The van der Waals surface area contributed by atoms with E-state index in [0.717, 1.165) is 18.5 Å². The van der Waals surface area contributed by atoms with Crippen molar-refractivity contribution in [2.75, 3.05) is 5.32 Å². The molecule has 0 atom stereocenters. The number of rotatable bonds is 9. The van der Waals surface area contributed by atoms with Gasteiger partial charge in [-0.05, 0) is 24.5 Å². The van der Waals surface area contributed by atoms with E-state index in [1.54, 1.807) is 0 Å². The summed E-state index contributed by atoms with van der Waals surface area (Å²) in [5.74, 6) is 0.791. The minimum Gasteiger partial charge on any atom is -0.326 e. The van der Waals surface area contributed by atoms with Gasteiger partial charge in [-0.2, -0.15) is 0 Å². The topological polar surface area (TPSA) is 102 Å². The predicted octanol–water partition coefficient (Wildman–Crippen LogP) is 2.91. The molecule has 0 saturated carbocycles. The average molecular weight is 412 g/mol. The van der Waals surface area contributed by atoms with Crippen LogP contribution < -0.4 is 16.6 Å². The predicted molar refractivity (Wildman–Crippen MR) is 118 cm³/mol. The lowest BCUT2D eigenvalue weighted by molar-refractivity contribution is -0.116. The first-order valence-electron chi connectivity index (χ1n) is 10.5. The smallest absolute Gasteiger partial charge is 0.326 e. The molecule has 160 valence electrons. The Kier molecular flexibility index (Phi) is 6.87. The third kappa shape index (κ3) is 4.87. The van der Waals surface area contributed by atoms with E-state index < -0.39 is 11.2 Å². The fourth-order valence-electron chi connectivity index (χ4n) is 3.46. The number of nitrogens with one attached hydrogen (secondary N) is 2. The van der Waals surface area contributed by atoms with Crippen LogP contribution in [0.3, 0.4) is 0 Å². The highest BCUT2D eigenvalue weighted by molar-refractivity contribution is 5.90. The number of amides is 1. The summed E-state index contributed by atoms with van der Waals surface area (Å²) in [7, 11) is 0. The Morgan fingerprint density at radius 3 is 2.57 bits per heavy atom. The van der Waals surface area contributed by atoms with Gasteiger partial charge in [-0.25, -0.2) is 9.78 Å². The Hall–Kier alpha value is -3.16. The van der Waals surface area contributed by atoms with Crippen LogP contribution in [0.25, 0.3) is 11.2 Å². The lowest BCUT2D eigenvalue weighted by Crippen LogP contribution is -2.31. The number of para-hydroxylation sites is 1. The summed E-state index contributed by atoms with van der Waals surface area (Å²) in [6.07, 6.45) is 2.34. The fourth-order valence-corrected chi connectivity index (χ4v) is 3.46. The monoisotopic (exact) mass is 411 g/mol. The Bertz CT molecular complexity index is 1130. The Morgan fingerprint density at radius 1 is 1.17 bits per heavy atom. The molecule has 2 N–H and O–H groups in total. The molecule has 3 rings (SSSR count). The van der Waals surface area contributed by atoms with Crippen LogP contribution in [0.1, 0.15) is 45.9 Å². The van der Waals surface area contributed by atoms with E-state index in [1.165, 1.54) is 4.57 Å². The molecular weight excluding hydrogens is 382 g/mol. The number of aromatic amines is 1. The van der Waals surface area contributed by atoms with Crippen LogP contribution in [-0.2, 0) is 24.3 Å². The molecule has 1 amide bonds. The van der Waals surface area contributed by atoms with Gasteiger partial charge in [-0.3, -0.25) is 19.1 Å². The SMILES string of the molecule is CCCCn1c(=O)[nH]c(=O)c2c1nc(CCC(=O)Nc1ccccc1)n2CC(C)C. The Morgan fingerprint density at radius 2 is 1.90 bits per heavy atom. The van der Waals surface area contributed by atoms with Gasteiger partial charge in [-0.15, -0.1) is 0 Å². The van der Waals surface area contributed by atoms with Gasteiger partial charge in [0, 0.05) is 31.6 Å². The minimum absolute atomic E-state index is 0.123. The second kappa shape index (κ2) is 9.56. The second-order valence-electron chi connectivity index (χ2n) is 7.88. The number of carbonyl (C=O) groups is 1. The molecule has 0 spiro atoms. The standard InChI is InChI=1S/C22H29N5O3/c1-4-5-13-26-20-19(21(29)25-22(26)30)27(14-15(2)3)17(24-20)11-12-18(28)23-16-9-7-6-8-10-16/h6-10,15H,4-5,11-14H2,1-3H3,(H,23,28)(H,25,29,30). The van der Waals surface area contributed by atoms with Crippen molar-refractivity contribution in [1.82, 2.24) is 19.1 Å². The van der Waals surface area contributed by atoms with E-state index in [9.17, 15) is 14.4 Å². The third-order valence-corrected chi connectivity index (χ3v) is 4.88. The van der Waals surface area contributed by atoms with Gasteiger partial charge in [0.25, 0.3) is 5.56 Å². The third-order valence-electron chi connectivity index (χ3n) is 4.88. The van der Waals surface area contributed by atoms with Crippen molar-refractivity contribution in [2.24, 2.45) is 5.92 Å². The second-order valence-corrected chi connectivity index (χ2v) is 7.88. The highest BCUT2D eigenvalue weighted by Crippen LogP contribution is 2.16. The number of imidazole rings is 1. The van der Waals surface area contributed by atoms with Crippen LogP contribution in [0.15, 0.2) is 39.9 Å². The van der Waals surface area contributed by atoms with Crippen molar-refractivity contribution in [2.45, 2.75) is 59.5 Å². The Labute approximate surface area is 175 Å². The van der Waals surface area contributed by atoms with Crippen LogP contribution in [0.2, 0.25) is 0 Å². The highest BCUT2D eigenvalue weighted by Gasteiger charge is 2.19. The van der Waals surface area contributed by atoms with Crippen LogP contribution >= 0.6 is 0 Å². The molecule has 0 aliphatic rings. The summed E-state index contributed by atoms with van der Waals surface area (Å²) in [5, 5.41) is 2.87. The summed E-state index contributed by atoms with van der Waals surface area (Å²) in [6.45, 7) is 7.23. The van der Waals surface area contributed by atoms with Gasteiger partial charge in [0.2, 0.25) is 5.91 Å². The van der Waals surface area contributed by atoms with Crippen LogP contribution in [0, 0.1) is 5.92 Å². The van der Waals surface area contributed by atoms with E-state index in [-0.39, 0.29) is 18.2 Å². The van der Waals surface area contributed by atoms with E-state index in [0.29, 0.717) is 36.5 Å². The van der Waals surface area contributed by atoms with Gasteiger partial charge >= 0.3 is 5.69 Å². The van der Waals surface area contributed by atoms with Crippen molar-refractivity contribution in [1.29, 1.82) is 0 Å². The first-order chi connectivity index (χ1) is 14.4. The molecule has 1 aromatic carbocycles. The van der Waals surface area contributed by atoms with Crippen LogP contribution in [-0.4, -0.2) is 25.0 Å². The zero-order valence-corrected chi connectivity index (χ0v) is 17.8. The first-order valence-corrected chi connectivity index (χ1v) is 10.5. The number of hydrogen-bond acceptors (Lipinski definition) is 4. The zero-order chi connectivity index (χ0) is 21.7. The molecule has 2 heterocycles. The maximum atomic E-state index is 12.6. The minimum atomic E-state index is -0.441. The molecular formula is C22H29N5O3. The molecule has 0 unspecified atom stereocenters. The van der Waals surface area contributed by atoms with Crippen molar-refractivity contribution >= 4 is 22.8 Å². The van der Waals surface area contributed by atoms with Gasteiger partial charge < -0.3 is 9.88 Å². The number of anilines is 1. The molecule has 8 nitrogen and oxygen atoms in total. The zero-order valence-electron chi connectivity index (χ0n) is 17.8. The van der Waals surface area contributed by atoms with Gasteiger partial charge in [0.1, 0.15) is 5.82 Å². The van der Waals surface area contributed by atoms with Crippen LogP contribution in [0.5, 0.6) is 0 Å². The number of nitrogens with zero attached hydrogens (tertiary/aromatic N) is 3. The summed E-state index contributed by atoms with van der Waals surface area (Å²) in [5.41, 5.74) is 0.664. The van der Waals surface area contributed by atoms with Crippen molar-refractivity contribution < 1.29 is 4.79 Å². The number of carbonyl (C=O) groups excluding carboxylic acids is 1. The van der Waals surface area contributed by atoms with Gasteiger partial charge in [0.15, 0.2) is 11.2 Å². The molecule has 0 radical (unpaired) electrons. The largest absolute Gasteiger partial charge is 0.330 e. The number of H-pyrrole nitrogens is 1. The number of aryl methyl sites for hydroxylation is 2. The first kappa shape index (κ1) is 21.5. The summed E-state index contributed by atoms with van der Waals surface area (Å²) >= 11 is 0. The quantitative estimate of drug-likeness (QED) is 0.565. The van der Waals surface area contributed by atoms with Crippen molar-refractivity contribution in [3.05, 3.63) is 57.0 Å². The summed E-state index contributed by atoms with van der Waals surface area (Å²) in [6, 6.07) is 9.27. The van der Waals surface area contributed by atoms with E-state index in [2.05, 4.69) is 29.1 Å². The fraction of sp³-hybridized carbons (Fsp3) is 0.455. The number of aromatic nitrogens is 4. The van der Waals surface area contributed by atoms with Crippen molar-refractivity contribution in [3.8, 4) is 0 Å². The molecule has 0 aliphatic carbocycles. The number of unbranched alkanes of at least 4 members (excludes halogenated alkanes) is 1. The Balaban J connectivity index is 1.94. The van der Waals surface area contributed by atoms with E-state index >= 15 is 0 Å². The van der Waals surface area contributed by atoms with E-state index in [4.69, 9.17) is 0 Å². The summed E-state index contributed by atoms with van der Waals surface area (Å²) in [4.78, 5) is 44.4. The number of benzene rings is 1. The lowest BCUT2D eigenvalue weighted by Gasteiger charge is -2.11. The van der Waals surface area contributed by atoms with Gasteiger partial charge in [0.05, 0.1) is 0 Å². The number of fused-ring (bicyclic) bond motifs is 1. The summed E-state index contributed by atoms with van der Waals surface area (Å²) < 4.78 is 3.39. The highest BCUT2D eigenvalue weighted by atomic mass is 16.2. The lowest BCUT2D eigenvalue weighted by atomic mass is 10.2. The molecule has 0 bridgehead atoms. The molecule has 3 aromatic rings. The normalized spacial score (nSPS) is 11.3. The number of hydrogen-bond donors (Lipinski definition) is 2.